The summed E-state index contributed by atoms with van der Waals surface area (Å²) in [6.07, 6.45) is 5.26. The molecule has 0 atom stereocenters. The lowest BCUT2D eigenvalue weighted by molar-refractivity contribution is 0.0952. The summed E-state index contributed by atoms with van der Waals surface area (Å²) >= 11 is 0. The van der Waals surface area contributed by atoms with E-state index < -0.39 is 0 Å². The van der Waals surface area contributed by atoms with Gasteiger partial charge < -0.3 is 9.88 Å². The molecule has 0 aliphatic rings. The highest BCUT2D eigenvalue weighted by atomic mass is 16.1. The predicted molar refractivity (Wildman–Crippen MR) is 116 cm³/mol. The van der Waals surface area contributed by atoms with Crippen molar-refractivity contribution in [1.29, 1.82) is 0 Å². The zero-order chi connectivity index (χ0) is 19.9. The average Bonchev–Trinajstić information content (AvgIpc) is 3.02. The van der Waals surface area contributed by atoms with E-state index in [2.05, 4.69) is 41.1 Å². The third-order valence-electron chi connectivity index (χ3n) is 5.17. The highest BCUT2D eigenvalue weighted by Crippen LogP contribution is 2.18. The fraction of sp³-hybridized carbons (Fsp3) is 0.417. The summed E-state index contributed by atoms with van der Waals surface area (Å²) in [7, 11) is 0. The van der Waals surface area contributed by atoms with Crippen molar-refractivity contribution in [3.63, 3.8) is 0 Å². The van der Waals surface area contributed by atoms with Crippen LogP contribution in [0.5, 0.6) is 0 Å². The Morgan fingerprint density at radius 1 is 1.07 bits per heavy atom. The van der Waals surface area contributed by atoms with E-state index >= 15 is 0 Å². The van der Waals surface area contributed by atoms with Gasteiger partial charge in [0.1, 0.15) is 5.82 Å². The Morgan fingerprint density at radius 2 is 1.89 bits per heavy atom. The lowest BCUT2D eigenvalue weighted by Gasteiger charge is -2.09. The Hall–Kier alpha value is -2.62. The van der Waals surface area contributed by atoms with E-state index in [0.717, 1.165) is 61.8 Å². The molecule has 28 heavy (non-hydrogen) atoms. The number of nitrogens with one attached hydrogen (secondary N) is 1. The number of imidazole rings is 1. The van der Waals surface area contributed by atoms with Gasteiger partial charge in [0.25, 0.3) is 5.91 Å². The lowest BCUT2D eigenvalue weighted by Crippen LogP contribution is -2.25. The molecule has 0 saturated heterocycles. The second-order valence-electron chi connectivity index (χ2n) is 7.55. The lowest BCUT2D eigenvalue weighted by atomic mass is 10.1. The largest absolute Gasteiger partial charge is 0.352 e. The molecule has 0 radical (unpaired) electrons. The van der Waals surface area contributed by atoms with Crippen molar-refractivity contribution >= 4 is 16.9 Å². The number of aromatic nitrogens is 2. The third-order valence-corrected chi connectivity index (χ3v) is 5.17. The van der Waals surface area contributed by atoms with Crippen molar-refractivity contribution in [1.82, 2.24) is 14.9 Å². The molecular weight excluding hydrogens is 346 g/mol. The molecule has 0 unspecified atom stereocenters. The SMILES string of the molecule is CCCn1c(CCCCCNC(=O)c2ccc(C)cc2C)nc2ccccc21. The van der Waals surface area contributed by atoms with Crippen LogP contribution in [-0.2, 0) is 13.0 Å². The Bertz CT molecular complexity index is 942. The van der Waals surface area contributed by atoms with Crippen molar-refractivity contribution in [2.75, 3.05) is 6.54 Å². The number of unbranched alkanes of at least 4 members (excludes halogenated alkanes) is 2. The fourth-order valence-corrected chi connectivity index (χ4v) is 3.74. The molecule has 0 aliphatic carbocycles. The minimum atomic E-state index is 0.0299. The molecule has 2 aromatic carbocycles. The highest BCUT2D eigenvalue weighted by Gasteiger charge is 2.10. The molecule has 0 spiro atoms. The van der Waals surface area contributed by atoms with Gasteiger partial charge in [0, 0.05) is 25.1 Å². The highest BCUT2D eigenvalue weighted by molar-refractivity contribution is 5.95. The summed E-state index contributed by atoms with van der Waals surface area (Å²) in [5, 5.41) is 3.05. The van der Waals surface area contributed by atoms with Crippen molar-refractivity contribution in [2.24, 2.45) is 0 Å². The van der Waals surface area contributed by atoms with Gasteiger partial charge in [0.05, 0.1) is 11.0 Å². The van der Waals surface area contributed by atoms with Crippen LogP contribution in [-0.4, -0.2) is 22.0 Å². The summed E-state index contributed by atoms with van der Waals surface area (Å²) in [5.41, 5.74) is 5.32. The molecule has 0 fully saturated rings. The summed E-state index contributed by atoms with van der Waals surface area (Å²) in [6.45, 7) is 7.98. The standard InChI is InChI=1S/C24H31N3O/c1-4-16-27-22-11-8-7-10-21(22)26-23(27)12-6-5-9-15-25-24(28)20-14-13-18(2)17-19(20)3/h7-8,10-11,13-14,17H,4-6,9,12,15-16H2,1-3H3,(H,25,28). The Morgan fingerprint density at radius 3 is 2.68 bits per heavy atom. The number of carbonyl (C=O) groups excluding carboxylic acids is 1. The molecule has 4 nitrogen and oxygen atoms in total. The van der Waals surface area contributed by atoms with Crippen molar-refractivity contribution < 1.29 is 4.79 Å². The van der Waals surface area contributed by atoms with E-state index in [-0.39, 0.29) is 5.91 Å². The van der Waals surface area contributed by atoms with Crippen LogP contribution >= 0.6 is 0 Å². The molecule has 3 rings (SSSR count). The Labute approximate surface area is 168 Å². The molecular formula is C24H31N3O. The first-order valence-electron chi connectivity index (χ1n) is 10.4. The van der Waals surface area contributed by atoms with Gasteiger partial charge in [0.15, 0.2) is 0 Å². The quantitative estimate of drug-likeness (QED) is 0.521. The van der Waals surface area contributed by atoms with Crippen LogP contribution in [0.25, 0.3) is 11.0 Å². The minimum Gasteiger partial charge on any atom is -0.352 e. The van der Waals surface area contributed by atoms with Crippen LogP contribution in [0.4, 0.5) is 0 Å². The first-order valence-corrected chi connectivity index (χ1v) is 10.4. The predicted octanol–water partition coefficient (Wildman–Crippen LogP) is 5.21. The van der Waals surface area contributed by atoms with Crippen LogP contribution in [0.2, 0.25) is 0 Å². The van der Waals surface area contributed by atoms with Crippen molar-refractivity contribution in [3.8, 4) is 0 Å². The molecule has 0 saturated carbocycles. The molecule has 0 bridgehead atoms. The molecule has 4 heteroatoms. The van der Waals surface area contributed by atoms with E-state index in [9.17, 15) is 4.79 Å². The zero-order valence-corrected chi connectivity index (χ0v) is 17.3. The van der Waals surface area contributed by atoms with Gasteiger partial charge in [-0.2, -0.15) is 0 Å². The van der Waals surface area contributed by atoms with Crippen LogP contribution in [0.3, 0.4) is 0 Å². The number of hydrogen-bond acceptors (Lipinski definition) is 2. The van der Waals surface area contributed by atoms with Crippen LogP contribution < -0.4 is 5.32 Å². The topological polar surface area (TPSA) is 46.9 Å². The van der Waals surface area contributed by atoms with Crippen LogP contribution in [0, 0.1) is 13.8 Å². The Kier molecular flexibility index (Phi) is 6.85. The van der Waals surface area contributed by atoms with Gasteiger partial charge in [-0.15, -0.1) is 0 Å². The van der Waals surface area contributed by atoms with Gasteiger partial charge >= 0.3 is 0 Å². The number of rotatable bonds is 9. The second kappa shape index (κ2) is 9.54. The molecule has 1 N–H and O–H groups in total. The number of amides is 1. The molecule has 1 aromatic heterocycles. The van der Waals surface area contributed by atoms with E-state index in [0.29, 0.717) is 0 Å². The Balaban J connectivity index is 1.45. The first-order chi connectivity index (χ1) is 13.6. The monoisotopic (exact) mass is 377 g/mol. The number of carbonyl (C=O) groups is 1. The maximum Gasteiger partial charge on any atom is 0.251 e. The maximum atomic E-state index is 12.3. The molecule has 148 valence electrons. The van der Waals surface area contributed by atoms with Gasteiger partial charge in [-0.1, -0.05) is 43.2 Å². The minimum absolute atomic E-state index is 0.0299. The molecule has 0 aliphatic heterocycles. The zero-order valence-electron chi connectivity index (χ0n) is 17.3. The fourth-order valence-electron chi connectivity index (χ4n) is 3.74. The number of benzene rings is 2. The van der Waals surface area contributed by atoms with E-state index in [1.165, 1.54) is 16.9 Å². The summed E-state index contributed by atoms with van der Waals surface area (Å²) in [4.78, 5) is 17.1. The van der Waals surface area contributed by atoms with Gasteiger partial charge in [0.2, 0.25) is 0 Å². The summed E-state index contributed by atoms with van der Waals surface area (Å²) in [5.74, 6) is 1.21. The van der Waals surface area contributed by atoms with Crippen molar-refractivity contribution in [3.05, 3.63) is 65.0 Å². The molecule has 3 aromatic rings. The van der Waals surface area contributed by atoms with Gasteiger partial charge in [-0.05, 0) is 56.9 Å². The van der Waals surface area contributed by atoms with Crippen molar-refractivity contribution in [2.45, 2.75) is 59.4 Å². The molecule has 1 heterocycles. The number of para-hydroxylation sites is 2. The van der Waals surface area contributed by atoms with Crippen LogP contribution in [0.15, 0.2) is 42.5 Å². The summed E-state index contributed by atoms with van der Waals surface area (Å²) < 4.78 is 2.36. The third kappa shape index (κ3) is 4.80. The summed E-state index contributed by atoms with van der Waals surface area (Å²) in [6, 6.07) is 14.3. The number of aryl methyl sites for hydroxylation is 4. The normalized spacial score (nSPS) is 11.1. The van der Waals surface area contributed by atoms with E-state index in [1.807, 2.05) is 32.0 Å². The smallest absolute Gasteiger partial charge is 0.251 e. The number of nitrogens with zero attached hydrogens (tertiary/aromatic N) is 2. The van der Waals surface area contributed by atoms with Gasteiger partial charge in [-0.3, -0.25) is 4.79 Å². The second-order valence-corrected chi connectivity index (χ2v) is 7.55. The maximum absolute atomic E-state index is 12.3. The number of hydrogen-bond donors (Lipinski definition) is 1. The van der Waals surface area contributed by atoms with Gasteiger partial charge in [-0.25, -0.2) is 4.98 Å². The molecule has 1 amide bonds. The first kappa shape index (κ1) is 20.1. The van der Waals surface area contributed by atoms with E-state index in [4.69, 9.17) is 4.98 Å². The van der Waals surface area contributed by atoms with Crippen LogP contribution in [0.1, 0.15) is 59.9 Å². The average molecular weight is 378 g/mol. The number of fused-ring (bicyclic) bond motifs is 1. The van der Waals surface area contributed by atoms with E-state index in [1.54, 1.807) is 0 Å².